The maximum Gasteiger partial charge on any atom is 0.215 e. The summed E-state index contributed by atoms with van der Waals surface area (Å²) in [6, 6.07) is 0. The molecule has 0 aromatic carbocycles. The van der Waals surface area contributed by atoms with Crippen molar-refractivity contribution < 1.29 is 8.42 Å². The Morgan fingerprint density at radius 1 is 1.40 bits per heavy atom. The summed E-state index contributed by atoms with van der Waals surface area (Å²) < 4.78 is 25.9. The normalized spacial score (nSPS) is 17.1. The lowest BCUT2D eigenvalue weighted by Crippen LogP contribution is -2.35. The number of hydrogen-bond donors (Lipinski definition) is 0. The van der Waals surface area contributed by atoms with E-state index in [1.165, 1.54) is 22.0 Å². The van der Waals surface area contributed by atoms with Crippen LogP contribution in [0, 0.1) is 6.92 Å². The first-order valence-corrected chi connectivity index (χ1v) is 9.47. The van der Waals surface area contributed by atoms with Crippen molar-refractivity contribution in [3.63, 3.8) is 0 Å². The van der Waals surface area contributed by atoms with E-state index in [4.69, 9.17) is 0 Å². The zero-order chi connectivity index (χ0) is 14.6. The molecule has 1 fully saturated rings. The predicted octanol–water partition coefficient (Wildman–Crippen LogP) is 1.35. The molecule has 0 atom stereocenters. The van der Waals surface area contributed by atoms with Gasteiger partial charge in [-0.05, 0) is 32.9 Å². The lowest BCUT2D eigenvalue weighted by Gasteiger charge is -2.19. The van der Waals surface area contributed by atoms with Crippen LogP contribution in [0.3, 0.4) is 0 Å². The van der Waals surface area contributed by atoms with Crippen molar-refractivity contribution >= 4 is 21.4 Å². The van der Waals surface area contributed by atoms with E-state index >= 15 is 0 Å². The molecule has 0 spiro atoms. The number of sulfonamides is 1. The Morgan fingerprint density at radius 2 is 2.10 bits per heavy atom. The van der Waals surface area contributed by atoms with Gasteiger partial charge in [-0.15, -0.1) is 11.3 Å². The standard InChI is InChI=1S/C13H23N3O2S2/c1-12-11-14-13(19-12)5-8-15(2)20(17,18)10-9-16-6-3-4-7-16/h11H,3-10H2,1-2H3. The monoisotopic (exact) mass is 317 g/mol. The van der Waals surface area contributed by atoms with Gasteiger partial charge in [0, 0.05) is 37.6 Å². The maximum atomic E-state index is 12.2. The molecule has 0 amide bonds. The van der Waals surface area contributed by atoms with Crippen LogP contribution in [-0.4, -0.2) is 61.6 Å². The third-order valence-electron chi connectivity index (χ3n) is 3.65. The van der Waals surface area contributed by atoms with Crippen molar-refractivity contribution in [2.75, 3.05) is 39.0 Å². The highest BCUT2D eigenvalue weighted by Gasteiger charge is 2.20. The highest BCUT2D eigenvalue weighted by Crippen LogP contribution is 2.13. The van der Waals surface area contributed by atoms with Crippen LogP contribution in [-0.2, 0) is 16.4 Å². The Morgan fingerprint density at radius 3 is 2.70 bits per heavy atom. The summed E-state index contributed by atoms with van der Waals surface area (Å²) in [5, 5.41) is 1.00. The summed E-state index contributed by atoms with van der Waals surface area (Å²) in [6.07, 6.45) is 4.92. The first-order chi connectivity index (χ1) is 9.47. The van der Waals surface area contributed by atoms with Crippen LogP contribution in [0.4, 0.5) is 0 Å². The molecule has 1 aromatic rings. The molecule has 1 aliphatic heterocycles. The number of rotatable bonds is 7. The summed E-state index contributed by atoms with van der Waals surface area (Å²) in [5.74, 6) is 0.223. The molecule has 0 unspecified atom stereocenters. The van der Waals surface area contributed by atoms with E-state index in [2.05, 4.69) is 9.88 Å². The van der Waals surface area contributed by atoms with Crippen molar-refractivity contribution in [1.82, 2.24) is 14.2 Å². The molecule has 2 heterocycles. The van der Waals surface area contributed by atoms with Gasteiger partial charge in [0.1, 0.15) is 0 Å². The van der Waals surface area contributed by atoms with Crippen LogP contribution in [0.1, 0.15) is 22.7 Å². The predicted molar refractivity (Wildman–Crippen MR) is 82.6 cm³/mol. The van der Waals surface area contributed by atoms with Gasteiger partial charge < -0.3 is 4.90 Å². The number of likely N-dealkylation sites (N-methyl/N-ethyl adjacent to an activating group) is 1. The molecule has 0 radical (unpaired) electrons. The first-order valence-electron chi connectivity index (χ1n) is 7.05. The summed E-state index contributed by atoms with van der Waals surface area (Å²) in [4.78, 5) is 7.67. The van der Waals surface area contributed by atoms with Gasteiger partial charge in [0.05, 0.1) is 10.8 Å². The van der Waals surface area contributed by atoms with Crippen LogP contribution in [0.5, 0.6) is 0 Å². The van der Waals surface area contributed by atoms with E-state index in [1.807, 2.05) is 13.1 Å². The lowest BCUT2D eigenvalue weighted by molar-refractivity contribution is 0.355. The smallest absolute Gasteiger partial charge is 0.215 e. The van der Waals surface area contributed by atoms with E-state index in [0.717, 1.165) is 18.1 Å². The fourth-order valence-electron chi connectivity index (χ4n) is 2.32. The topological polar surface area (TPSA) is 53.5 Å². The Hall–Kier alpha value is -0.500. The van der Waals surface area contributed by atoms with Crippen LogP contribution in [0.2, 0.25) is 0 Å². The van der Waals surface area contributed by atoms with E-state index in [0.29, 0.717) is 19.5 Å². The molecule has 1 aromatic heterocycles. The number of thiazole rings is 1. The molecule has 7 heteroatoms. The molecule has 0 aliphatic carbocycles. The average molecular weight is 317 g/mol. The molecule has 0 bridgehead atoms. The van der Waals surface area contributed by atoms with Crippen molar-refractivity contribution in [2.24, 2.45) is 0 Å². The Balaban J connectivity index is 1.78. The summed E-state index contributed by atoms with van der Waals surface area (Å²) in [5.41, 5.74) is 0. The van der Waals surface area contributed by atoms with Crippen LogP contribution < -0.4 is 0 Å². The summed E-state index contributed by atoms with van der Waals surface area (Å²) in [7, 11) is -1.48. The molecular weight excluding hydrogens is 294 g/mol. The van der Waals surface area contributed by atoms with Gasteiger partial charge in [0.25, 0.3) is 0 Å². The van der Waals surface area contributed by atoms with Gasteiger partial charge in [-0.3, -0.25) is 0 Å². The third kappa shape index (κ3) is 4.51. The molecular formula is C13H23N3O2S2. The van der Waals surface area contributed by atoms with Crippen molar-refractivity contribution in [2.45, 2.75) is 26.2 Å². The van der Waals surface area contributed by atoms with Crippen LogP contribution >= 0.6 is 11.3 Å². The molecule has 0 N–H and O–H groups in total. The van der Waals surface area contributed by atoms with Crippen molar-refractivity contribution in [3.05, 3.63) is 16.1 Å². The summed E-state index contributed by atoms with van der Waals surface area (Å²) in [6.45, 7) is 5.26. The number of aromatic nitrogens is 1. The molecule has 0 saturated carbocycles. The third-order valence-corrected chi connectivity index (χ3v) is 6.45. The Labute approximate surface area is 125 Å². The van der Waals surface area contributed by atoms with E-state index in [1.54, 1.807) is 18.4 Å². The lowest BCUT2D eigenvalue weighted by atomic mass is 10.4. The van der Waals surface area contributed by atoms with Gasteiger partial charge in [-0.25, -0.2) is 17.7 Å². The van der Waals surface area contributed by atoms with Crippen molar-refractivity contribution in [1.29, 1.82) is 0 Å². The van der Waals surface area contributed by atoms with Gasteiger partial charge in [0.15, 0.2) is 0 Å². The minimum atomic E-state index is -3.14. The zero-order valence-corrected chi connectivity index (χ0v) is 13.8. The van der Waals surface area contributed by atoms with Crippen molar-refractivity contribution in [3.8, 4) is 0 Å². The number of aryl methyl sites for hydroxylation is 1. The molecule has 20 heavy (non-hydrogen) atoms. The first kappa shape index (κ1) is 15.9. The van der Waals surface area contributed by atoms with Gasteiger partial charge in [-0.2, -0.15) is 0 Å². The number of nitrogens with zero attached hydrogens (tertiary/aromatic N) is 3. The van der Waals surface area contributed by atoms with Crippen LogP contribution in [0.15, 0.2) is 6.20 Å². The SMILES string of the molecule is Cc1cnc(CCN(C)S(=O)(=O)CCN2CCCC2)s1. The summed E-state index contributed by atoms with van der Waals surface area (Å²) >= 11 is 1.63. The number of likely N-dealkylation sites (tertiary alicyclic amines) is 1. The number of hydrogen-bond acceptors (Lipinski definition) is 5. The average Bonchev–Trinajstić information content (AvgIpc) is 3.05. The second-order valence-corrected chi connectivity index (χ2v) is 8.82. The molecule has 1 saturated heterocycles. The molecule has 114 valence electrons. The fraction of sp³-hybridized carbons (Fsp3) is 0.769. The van der Waals surface area contributed by atoms with Gasteiger partial charge >= 0.3 is 0 Å². The Bertz CT molecular complexity index is 521. The maximum absolute atomic E-state index is 12.2. The highest BCUT2D eigenvalue weighted by molar-refractivity contribution is 7.89. The van der Waals surface area contributed by atoms with Crippen LogP contribution in [0.25, 0.3) is 0 Å². The van der Waals surface area contributed by atoms with E-state index < -0.39 is 10.0 Å². The largest absolute Gasteiger partial charge is 0.302 e. The second kappa shape index (κ2) is 6.98. The van der Waals surface area contributed by atoms with Gasteiger partial charge in [0.2, 0.25) is 10.0 Å². The highest BCUT2D eigenvalue weighted by atomic mass is 32.2. The molecule has 1 aliphatic rings. The van der Waals surface area contributed by atoms with E-state index in [-0.39, 0.29) is 5.75 Å². The van der Waals surface area contributed by atoms with E-state index in [9.17, 15) is 8.42 Å². The van der Waals surface area contributed by atoms with Gasteiger partial charge in [-0.1, -0.05) is 0 Å². The molecule has 2 rings (SSSR count). The zero-order valence-electron chi connectivity index (χ0n) is 12.2. The molecule has 5 nitrogen and oxygen atoms in total. The minimum absolute atomic E-state index is 0.223. The second-order valence-electron chi connectivity index (χ2n) is 5.30. The minimum Gasteiger partial charge on any atom is -0.302 e. The quantitative estimate of drug-likeness (QED) is 0.762. The Kier molecular flexibility index (Phi) is 5.54. The fourth-order valence-corrected chi connectivity index (χ4v) is 4.26.